The van der Waals surface area contributed by atoms with Crippen molar-refractivity contribution in [2.75, 3.05) is 6.54 Å². The van der Waals surface area contributed by atoms with Gasteiger partial charge >= 0.3 is 0 Å². The molecular weight excluding hydrogens is 338 g/mol. The molecule has 28 heavy (non-hydrogen) atoms. The molecule has 0 aromatic heterocycles. The number of rotatable bonds is 2. The molecule has 4 aliphatic carbocycles. The molecule has 7 unspecified atom stereocenters. The van der Waals surface area contributed by atoms with Crippen molar-refractivity contribution in [2.45, 2.75) is 97.9 Å². The maximum atomic E-state index is 3.85. The van der Waals surface area contributed by atoms with Crippen molar-refractivity contribution in [3.8, 4) is 0 Å². The Hall–Kier alpha value is -0.300. The quantitative estimate of drug-likeness (QED) is 0.515. The van der Waals surface area contributed by atoms with Crippen molar-refractivity contribution in [1.82, 2.24) is 5.32 Å². The van der Waals surface area contributed by atoms with E-state index in [1.165, 1.54) is 70.8 Å². The zero-order valence-corrected chi connectivity index (χ0v) is 19.1. The van der Waals surface area contributed by atoms with Crippen molar-refractivity contribution >= 4 is 0 Å². The normalized spacial score (nSPS) is 53.7. The number of piperidine rings is 1. The minimum atomic E-state index is 0.534. The van der Waals surface area contributed by atoms with Gasteiger partial charge in [-0.05, 0) is 117 Å². The summed E-state index contributed by atoms with van der Waals surface area (Å²) < 4.78 is 0. The first-order valence-electron chi connectivity index (χ1n) is 12.9. The Morgan fingerprint density at radius 1 is 1.00 bits per heavy atom. The van der Waals surface area contributed by atoms with Gasteiger partial charge in [0.1, 0.15) is 0 Å². The molecule has 1 nitrogen and oxygen atoms in total. The third-order valence-corrected chi connectivity index (χ3v) is 10.7. The van der Waals surface area contributed by atoms with E-state index in [2.05, 4.69) is 39.1 Å². The van der Waals surface area contributed by atoms with Gasteiger partial charge in [-0.15, -0.1) is 0 Å². The number of hydrogen-bond donors (Lipinski definition) is 1. The van der Waals surface area contributed by atoms with Crippen LogP contribution in [0, 0.1) is 52.8 Å². The minimum absolute atomic E-state index is 0.534. The number of hydrogen-bond acceptors (Lipinski definition) is 1. The predicted octanol–water partition coefficient (Wildman–Crippen LogP) is 6.84. The van der Waals surface area contributed by atoms with E-state index < -0.39 is 0 Å². The number of fused-ring (bicyclic) bond motifs is 5. The first kappa shape index (κ1) is 19.7. The molecule has 0 spiro atoms. The summed E-state index contributed by atoms with van der Waals surface area (Å²) in [6.07, 6.45) is 17.3. The standard InChI is InChI=1S/C27H45N/c1-17-12-13-27(4)21(15-17)9-11-24-23-10-8-20(16-22-7-5-6-14-28-22)18(2)25(23)19(3)26(24)27/h9,17-20,22-26,28H,5-8,10-16H2,1-4H3/t17-,18-,19?,20?,22?,23?,24?,25?,26?,27-/m0/s1. The van der Waals surface area contributed by atoms with Crippen LogP contribution in [-0.4, -0.2) is 12.6 Å². The number of nitrogens with one attached hydrogen (secondary N) is 1. The van der Waals surface area contributed by atoms with Crippen molar-refractivity contribution in [1.29, 1.82) is 0 Å². The fourth-order valence-corrected chi connectivity index (χ4v) is 9.42. The molecule has 1 saturated heterocycles. The van der Waals surface area contributed by atoms with Gasteiger partial charge in [-0.25, -0.2) is 0 Å². The molecule has 158 valence electrons. The Morgan fingerprint density at radius 3 is 2.64 bits per heavy atom. The van der Waals surface area contributed by atoms with Gasteiger partial charge in [0.05, 0.1) is 0 Å². The van der Waals surface area contributed by atoms with E-state index in [4.69, 9.17) is 0 Å². The van der Waals surface area contributed by atoms with Crippen LogP contribution in [0.15, 0.2) is 11.6 Å². The van der Waals surface area contributed by atoms with Gasteiger partial charge in [0, 0.05) is 6.04 Å². The monoisotopic (exact) mass is 383 g/mol. The predicted molar refractivity (Wildman–Crippen MR) is 119 cm³/mol. The van der Waals surface area contributed by atoms with E-state index in [-0.39, 0.29) is 0 Å². The average molecular weight is 384 g/mol. The molecule has 5 rings (SSSR count). The lowest BCUT2D eigenvalue weighted by Crippen LogP contribution is -2.41. The lowest BCUT2D eigenvalue weighted by molar-refractivity contribution is 0.0687. The van der Waals surface area contributed by atoms with Gasteiger partial charge in [0.15, 0.2) is 0 Å². The molecule has 0 amide bonds. The van der Waals surface area contributed by atoms with Crippen LogP contribution in [0.25, 0.3) is 0 Å². The smallest absolute Gasteiger partial charge is 0.00698 e. The maximum Gasteiger partial charge on any atom is 0.00698 e. The molecule has 0 bridgehead atoms. The van der Waals surface area contributed by atoms with E-state index in [1.54, 1.807) is 0 Å². The zero-order chi connectivity index (χ0) is 19.5. The van der Waals surface area contributed by atoms with Crippen LogP contribution in [-0.2, 0) is 0 Å². The van der Waals surface area contributed by atoms with Gasteiger partial charge in [-0.1, -0.05) is 45.8 Å². The summed E-state index contributed by atoms with van der Waals surface area (Å²) >= 11 is 0. The first-order chi connectivity index (χ1) is 13.5. The maximum absolute atomic E-state index is 3.85. The van der Waals surface area contributed by atoms with Gasteiger partial charge in [0.25, 0.3) is 0 Å². The second-order valence-corrected chi connectivity index (χ2v) is 12.1. The summed E-state index contributed by atoms with van der Waals surface area (Å²) in [6.45, 7) is 11.8. The van der Waals surface area contributed by atoms with Gasteiger partial charge < -0.3 is 5.32 Å². The SMILES string of the molecule is CC1C2C(CCC(CC3CCCCN3)[C@@H]2C)C2CC=C3C[C@@H](C)CC[C@]3(C)C12. The Kier molecular flexibility index (Phi) is 5.22. The Balaban J connectivity index is 1.35. The lowest BCUT2D eigenvalue weighted by Gasteiger charge is -2.50. The molecule has 0 aromatic carbocycles. The van der Waals surface area contributed by atoms with Crippen LogP contribution in [0.5, 0.6) is 0 Å². The third-order valence-electron chi connectivity index (χ3n) is 10.7. The van der Waals surface area contributed by atoms with Gasteiger partial charge in [0.2, 0.25) is 0 Å². The van der Waals surface area contributed by atoms with Crippen LogP contribution in [0.1, 0.15) is 91.9 Å². The van der Waals surface area contributed by atoms with Crippen molar-refractivity contribution in [3.63, 3.8) is 0 Å². The summed E-state index contributed by atoms with van der Waals surface area (Å²) in [7, 11) is 0. The largest absolute Gasteiger partial charge is 0.314 e. The zero-order valence-electron chi connectivity index (χ0n) is 19.1. The van der Waals surface area contributed by atoms with Crippen molar-refractivity contribution in [2.24, 2.45) is 52.8 Å². The van der Waals surface area contributed by atoms with E-state index in [1.807, 2.05) is 5.57 Å². The minimum Gasteiger partial charge on any atom is -0.314 e. The fraction of sp³-hybridized carbons (Fsp3) is 0.926. The van der Waals surface area contributed by atoms with Crippen LogP contribution in [0.3, 0.4) is 0 Å². The molecular formula is C27H45N. The highest BCUT2D eigenvalue weighted by Gasteiger charge is 2.59. The van der Waals surface area contributed by atoms with E-state index in [0.29, 0.717) is 5.41 Å². The van der Waals surface area contributed by atoms with Gasteiger partial charge in [-0.2, -0.15) is 0 Å². The molecule has 0 aromatic rings. The Bertz CT molecular complexity index is 601. The van der Waals surface area contributed by atoms with Crippen molar-refractivity contribution < 1.29 is 0 Å². The molecule has 1 aliphatic heterocycles. The highest BCUT2D eigenvalue weighted by atomic mass is 14.9. The Morgan fingerprint density at radius 2 is 1.86 bits per heavy atom. The second-order valence-electron chi connectivity index (χ2n) is 12.1. The molecule has 1 heterocycles. The summed E-state index contributed by atoms with van der Waals surface area (Å²) in [5.74, 6) is 7.78. The van der Waals surface area contributed by atoms with Gasteiger partial charge in [-0.3, -0.25) is 0 Å². The van der Waals surface area contributed by atoms with Crippen LogP contribution < -0.4 is 5.32 Å². The summed E-state index contributed by atoms with van der Waals surface area (Å²) in [4.78, 5) is 0. The molecule has 4 fully saturated rings. The van der Waals surface area contributed by atoms with E-state index >= 15 is 0 Å². The molecule has 1 N–H and O–H groups in total. The average Bonchev–Trinajstić information content (AvgIpc) is 2.99. The molecule has 3 saturated carbocycles. The molecule has 5 aliphatic rings. The number of allylic oxidation sites excluding steroid dienone is 2. The highest BCUT2D eigenvalue weighted by Crippen LogP contribution is 2.67. The molecule has 10 atom stereocenters. The fourth-order valence-electron chi connectivity index (χ4n) is 9.42. The Labute approximate surface area is 174 Å². The van der Waals surface area contributed by atoms with E-state index in [9.17, 15) is 0 Å². The summed E-state index contributed by atoms with van der Waals surface area (Å²) in [6, 6.07) is 0.822. The van der Waals surface area contributed by atoms with Crippen LogP contribution >= 0.6 is 0 Å². The topological polar surface area (TPSA) is 12.0 Å². The first-order valence-corrected chi connectivity index (χ1v) is 12.9. The summed E-state index contributed by atoms with van der Waals surface area (Å²) in [5.41, 5.74) is 2.40. The molecule has 0 radical (unpaired) electrons. The molecule has 1 heteroatoms. The lowest BCUT2D eigenvalue weighted by atomic mass is 9.54. The van der Waals surface area contributed by atoms with Crippen molar-refractivity contribution in [3.05, 3.63) is 11.6 Å². The van der Waals surface area contributed by atoms with Crippen LogP contribution in [0.4, 0.5) is 0 Å². The van der Waals surface area contributed by atoms with E-state index in [0.717, 1.165) is 53.4 Å². The summed E-state index contributed by atoms with van der Waals surface area (Å²) in [5, 5.41) is 3.85. The highest BCUT2D eigenvalue weighted by molar-refractivity contribution is 5.26. The third kappa shape index (κ3) is 3.05. The van der Waals surface area contributed by atoms with Crippen LogP contribution in [0.2, 0.25) is 0 Å². The second kappa shape index (κ2) is 7.44.